The molecule has 0 bridgehead atoms. The average Bonchev–Trinajstić information content (AvgIpc) is 2.42. The molecular weight excluding hydrogens is 299 g/mol. The maximum absolute atomic E-state index is 12.1. The Bertz CT molecular complexity index is 660. The molecule has 0 atom stereocenters. The molecule has 1 heterocycles. The van der Waals surface area contributed by atoms with Crippen LogP contribution in [-0.4, -0.2) is 18.0 Å². The van der Waals surface area contributed by atoms with E-state index in [1.54, 1.807) is 13.2 Å². The molecule has 0 aliphatic rings. The Kier molecular flexibility index (Phi) is 4.47. The number of hydrogen-bond acceptors (Lipinski definition) is 3. The number of aromatic nitrogens is 1. The van der Waals surface area contributed by atoms with Crippen LogP contribution in [0.4, 0.5) is 5.69 Å². The third-order valence-electron chi connectivity index (χ3n) is 2.66. The number of hydrogen-bond donors (Lipinski definition) is 1. The summed E-state index contributed by atoms with van der Waals surface area (Å²) in [4.78, 5) is 16.0. The lowest BCUT2D eigenvalue weighted by Crippen LogP contribution is -2.13. The second-order valence-electron chi connectivity index (χ2n) is 4.15. The number of methoxy groups -OCH3 is 1. The van der Waals surface area contributed by atoms with Gasteiger partial charge in [0.15, 0.2) is 0 Å². The first kappa shape index (κ1) is 14.6. The Labute approximate surface area is 126 Å². The van der Waals surface area contributed by atoms with Crippen molar-refractivity contribution in [2.24, 2.45) is 0 Å². The van der Waals surface area contributed by atoms with E-state index in [-0.39, 0.29) is 16.1 Å². The number of anilines is 1. The molecule has 20 heavy (non-hydrogen) atoms. The quantitative estimate of drug-likeness (QED) is 0.873. The summed E-state index contributed by atoms with van der Waals surface area (Å²) in [5, 5.41) is 3.15. The standard InChI is InChI=1S/C14H12Cl2N2O2/c1-8-3-4-12(20-2)11(5-8)18-14(19)9-6-10(15)13(16)17-7-9/h3-7H,1-2H3,(H,18,19). The Morgan fingerprint density at radius 2 is 2.05 bits per heavy atom. The van der Waals surface area contributed by atoms with Crippen LogP contribution in [0.15, 0.2) is 30.5 Å². The largest absolute Gasteiger partial charge is 0.495 e. The Morgan fingerprint density at radius 1 is 1.30 bits per heavy atom. The van der Waals surface area contributed by atoms with Gasteiger partial charge in [0.2, 0.25) is 0 Å². The van der Waals surface area contributed by atoms with Gasteiger partial charge in [-0.1, -0.05) is 29.3 Å². The van der Waals surface area contributed by atoms with Gasteiger partial charge in [0.05, 0.1) is 23.4 Å². The van der Waals surface area contributed by atoms with E-state index < -0.39 is 0 Å². The van der Waals surface area contributed by atoms with Gasteiger partial charge in [-0.2, -0.15) is 0 Å². The van der Waals surface area contributed by atoms with E-state index in [4.69, 9.17) is 27.9 Å². The van der Waals surface area contributed by atoms with Crippen LogP contribution < -0.4 is 10.1 Å². The van der Waals surface area contributed by atoms with Crippen molar-refractivity contribution in [1.29, 1.82) is 0 Å². The predicted octanol–water partition coefficient (Wildman–Crippen LogP) is 3.96. The summed E-state index contributed by atoms with van der Waals surface area (Å²) in [5.41, 5.74) is 1.92. The minimum absolute atomic E-state index is 0.163. The van der Waals surface area contributed by atoms with Crippen LogP contribution in [0.1, 0.15) is 15.9 Å². The van der Waals surface area contributed by atoms with Crippen molar-refractivity contribution in [1.82, 2.24) is 4.98 Å². The van der Waals surface area contributed by atoms with Crippen LogP contribution in [0.3, 0.4) is 0 Å². The zero-order valence-electron chi connectivity index (χ0n) is 10.9. The lowest BCUT2D eigenvalue weighted by atomic mass is 10.2. The lowest BCUT2D eigenvalue weighted by molar-refractivity contribution is 0.102. The fourth-order valence-electron chi connectivity index (χ4n) is 1.66. The van der Waals surface area contributed by atoms with Crippen molar-refractivity contribution in [3.8, 4) is 5.75 Å². The summed E-state index contributed by atoms with van der Waals surface area (Å²) in [5.74, 6) is 0.247. The summed E-state index contributed by atoms with van der Waals surface area (Å²) in [6.07, 6.45) is 1.37. The number of aryl methyl sites for hydroxylation is 1. The van der Waals surface area contributed by atoms with Crippen molar-refractivity contribution in [2.45, 2.75) is 6.92 Å². The first-order chi connectivity index (χ1) is 9.51. The van der Waals surface area contributed by atoms with Crippen LogP contribution in [0.25, 0.3) is 0 Å². The number of amides is 1. The zero-order valence-corrected chi connectivity index (χ0v) is 12.4. The highest BCUT2D eigenvalue weighted by Gasteiger charge is 2.12. The van der Waals surface area contributed by atoms with E-state index in [1.165, 1.54) is 12.3 Å². The third kappa shape index (κ3) is 3.21. The molecule has 2 aromatic rings. The molecule has 1 aromatic heterocycles. The van der Waals surface area contributed by atoms with Gasteiger partial charge in [-0.3, -0.25) is 4.79 Å². The van der Waals surface area contributed by atoms with E-state index in [0.29, 0.717) is 17.0 Å². The predicted molar refractivity (Wildman–Crippen MR) is 79.9 cm³/mol. The van der Waals surface area contributed by atoms with Crippen LogP contribution in [0.5, 0.6) is 5.75 Å². The molecule has 6 heteroatoms. The first-order valence-corrected chi connectivity index (χ1v) is 6.54. The molecule has 104 valence electrons. The van der Waals surface area contributed by atoms with Crippen LogP contribution in [0, 0.1) is 6.92 Å². The number of pyridine rings is 1. The average molecular weight is 311 g/mol. The molecule has 0 unspecified atom stereocenters. The molecule has 0 aliphatic carbocycles. The highest BCUT2D eigenvalue weighted by Crippen LogP contribution is 2.26. The minimum Gasteiger partial charge on any atom is -0.495 e. The molecule has 1 amide bonds. The van der Waals surface area contributed by atoms with E-state index in [2.05, 4.69) is 10.3 Å². The zero-order chi connectivity index (χ0) is 14.7. The SMILES string of the molecule is COc1ccc(C)cc1NC(=O)c1cnc(Cl)c(Cl)c1. The van der Waals surface area contributed by atoms with E-state index >= 15 is 0 Å². The molecule has 0 spiro atoms. The molecule has 0 aliphatic heterocycles. The molecule has 1 aromatic carbocycles. The Balaban J connectivity index is 2.27. The van der Waals surface area contributed by atoms with Crippen molar-refractivity contribution >= 4 is 34.8 Å². The van der Waals surface area contributed by atoms with Crippen LogP contribution >= 0.6 is 23.2 Å². The molecule has 0 saturated carbocycles. The first-order valence-electron chi connectivity index (χ1n) is 5.78. The molecule has 1 N–H and O–H groups in total. The number of nitrogens with one attached hydrogen (secondary N) is 1. The normalized spacial score (nSPS) is 10.2. The summed E-state index contributed by atoms with van der Waals surface area (Å²) >= 11 is 11.6. The summed E-state index contributed by atoms with van der Waals surface area (Å²) in [6, 6.07) is 6.98. The summed E-state index contributed by atoms with van der Waals surface area (Å²) < 4.78 is 5.20. The van der Waals surface area contributed by atoms with Gasteiger partial charge < -0.3 is 10.1 Å². The number of benzene rings is 1. The van der Waals surface area contributed by atoms with Gasteiger partial charge in [0.25, 0.3) is 5.91 Å². The van der Waals surface area contributed by atoms with Crippen molar-refractivity contribution in [3.05, 3.63) is 51.8 Å². The Hall–Kier alpha value is -1.78. The molecule has 4 nitrogen and oxygen atoms in total. The number of carbonyl (C=O) groups excluding carboxylic acids is 1. The van der Waals surface area contributed by atoms with Crippen molar-refractivity contribution < 1.29 is 9.53 Å². The van der Waals surface area contributed by atoms with Crippen LogP contribution in [0.2, 0.25) is 10.2 Å². The maximum atomic E-state index is 12.1. The van der Waals surface area contributed by atoms with Gasteiger partial charge in [-0.05, 0) is 30.7 Å². The number of rotatable bonds is 3. The monoisotopic (exact) mass is 310 g/mol. The number of carbonyl (C=O) groups is 1. The second-order valence-corrected chi connectivity index (χ2v) is 4.92. The van der Waals surface area contributed by atoms with Gasteiger partial charge in [0.1, 0.15) is 10.9 Å². The molecule has 2 rings (SSSR count). The maximum Gasteiger partial charge on any atom is 0.257 e. The van der Waals surface area contributed by atoms with E-state index in [0.717, 1.165) is 5.56 Å². The summed E-state index contributed by atoms with van der Waals surface area (Å²) in [7, 11) is 1.54. The number of nitrogens with zero attached hydrogens (tertiary/aromatic N) is 1. The molecule has 0 fully saturated rings. The fraction of sp³-hybridized carbons (Fsp3) is 0.143. The minimum atomic E-state index is -0.333. The third-order valence-corrected chi connectivity index (χ3v) is 3.35. The molecule has 0 saturated heterocycles. The van der Waals surface area contributed by atoms with Gasteiger partial charge in [-0.25, -0.2) is 4.98 Å². The van der Waals surface area contributed by atoms with E-state index in [1.807, 2.05) is 19.1 Å². The number of ether oxygens (including phenoxy) is 1. The topological polar surface area (TPSA) is 51.2 Å². The molecule has 0 radical (unpaired) electrons. The highest BCUT2D eigenvalue weighted by molar-refractivity contribution is 6.41. The van der Waals surface area contributed by atoms with Crippen LogP contribution in [-0.2, 0) is 0 Å². The smallest absolute Gasteiger partial charge is 0.257 e. The van der Waals surface area contributed by atoms with Gasteiger partial charge in [0, 0.05) is 6.20 Å². The molecular formula is C14H12Cl2N2O2. The van der Waals surface area contributed by atoms with Gasteiger partial charge in [-0.15, -0.1) is 0 Å². The van der Waals surface area contributed by atoms with Gasteiger partial charge >= 0.3 is 0 Å². The highest BCUT2D eigenvalue weighted by atomic mass is 35.5. The lowest BCUT2D eigenvalue weighted by Gasteiger charge is -2.11. The summed E-state index contributed by atoms with van der Waals surface area (Å²) in [6.45, 7) is 1.93. The second kappa shape index (κ2) is 6.11. The van der Waals surface area contributed by atoms with E-state index in [9.17, 15) is 4.79 Å². The van der Waals surface area contributed by atoms with Crippen molar-refractivity contribution in [2.75, 3.05) is 12.4 Å². The Morgan fingerprint density at radius 3 is 2.70 bits per heavy atom. The fourth-order valence-corrected chi connectivity index (χ4v) is 1.93. The van der Waals surface area contributed by atoms with Crippen molar-refractivity contribution in [3.63, 3.8) is 0 Å². The number of halogens is 2.